The van der Waals surface area contributed by atoms with Crippen LogP contribution in [0.15, 0.2) is 0 Å². The third kappa shape index (κ3) is 5.93. The SMILES string of the molecule is CCOP(C)(=O)CN1CCN(C(=O)OC(C)C)CC1. The van der Waals surface area contributed by atoms with E-state index in [1.54, 1.807) is 11.6 Å². The van der Waals surface area contributed by atoms with E-state index in [0.29, 0.717) is 39.1 Å². The van der Waals surface area contributed by atoms with Crippen LogP contribution in [0.4, 0.5) is 4.79 Å². The van der Waals surface area contributed by atoms with Crippen molar-refractivity contribution in [3.63, 3.8) is 0 Å². The lowest BCUT2D eigenvalue weighted by Crippen LogP contribution is -2.49. The van der Waals surface area contributed by atoms with Crippen molar-refractivity contribution in [2.45, 2.75) is 26.9 Å². The van der Waals surface area contributed by atoms with E-state index in [4.69, 9.17) is 9.26 Å². The van der Waals surface area contributed by atoms with Crippen LogP contribution in [-0.2, 0) is 13.8 Å². The van der Waals surface area contributed by atoms with Crippen molar-refractivity contribution in [1.29, 1.82) is 0 Å². The molecule has 0 aromatic heterocycles. The number of rotatable bonds is 5. The Morgan fingerprint density at radius 3 is 2.32 bits per heavy atom. The number of carbonyl (C=O) groups excluding carboxylic acids is 1. The molecule has 0 spiro atoms. The first kappa shape index (κ1) is 16.5. The monoisotopic (exact) mass is 292 g/mol. The second-order valence-electron chi connectivity index (χ2n) is 5.11. The van der Waals surface area contributed by atoms with Crippen LogP contribution < -0.4 is 0 Å². The lowest BCUT2D eigenvalue weighted by Gasteiger charge is -2.35. The molecule has 1 fully saturated rings. The number of ether oxygens (including phenoxy) is 1. The number of nitrogens with zero attached hydrogens (tertiary/aromatic N) is 2. The second-order valence-corrected chi connectivity index (χ2v) is 7.68. The molecular formula is C12H25N2O4P. The van der Waals surface area contributed by atoms with Crippen molar-refractivity contribution in [3.8, 4) is 0 Å². The highest BCUT2D eigenvalue weighted by Gasteiger charge is 2.26. The van der Waals surface area contributed by atoms with Crippen LogP contribution in [0.1, 0.15) is 20.8 Å². The maximum absolute atomic E-state index is 12.1. The zero-order valence-electron chi connectivity index (χ0n) is 12.3. The molecule has 1 rings (SSSR count). The molecule has 0 saturated carbocycles. The third-order valence-corrected chi connectivity index (χ3v) is 4.54. The molecule has 1 atom stereocenters. The molecule has 0 aromatic carbocycles. The molecule has 1 heterocycles. The van der Waals surface area contributed by atoms with Gasteiger partial charge in [-0.15, -0.1) is 0 Å². The summed E-state index contributed by atoms with van der Waals surface area (Å²) in [5, 5.41) is 0. The van der Waals surface area contributed by atoms with Gasteiger partial charge in [0.25, 0.3) is 0 Å². The molecule has 0 N–H and O–H groups in total. The van der Waals surface area contributed by atoms with Crippen molar-refractivity contribution >= 4 is 13.5 Å². The fourth-order valence-corrected chi connectivity index (χ4v) is 3.66. The lowest BCUT2D eigenvalue weighted by atomic mass is 10.3. The highest BCUT2D eigenvalue weighted by atomic mass is 31.2. The van der Waals surface area contributed by atoms with E-state index in [1.165, 1.54) is 0 Å². The molecule has 0 aliphatic carbocycles. The highest BCUT2D eigenvalue weighted by molar-refractivity contribution is 7.58. The molecular weight excluding hydrogens is 267 g/mol. The van der Waals surface area contributed by atoms with Gasteiger partial charge in [0.1, 0.15) is 0 Å². The summed E-state index contributed by atoms with van der Waals surface area (Å²) in [6.07, 6.45) is 0.0898. The summed E-state index contributed by atoms with van der Waals surface area (Å²) in [4.78, 5) is 15.5. The predicted molar refractivity (Wildman–Crippen MR) is 74.8 cm³/mol. The summed E-state index contributed by atoms with van der Waals surface area (Å²) >= 11 is 0. The van der Waals surface area contributed by atoms with Gasteiger partial charge in [-0.2, -0.15) is 0 Å². The topological polar surface area (TPSA) is 59.1 Å². The van der Waals surface area contributed by atoms with Crippen molar-refractivity contribution in [3.05, 3.63) is 0 Å². The smallest absolute Gasteiger partial charge is 0.410 e. The Morgan fingerprint density at radius 1 is 1.26 bits per heavy atom. The normalized spacial score (nSPS) is 20.4. The lowest BCUT2D eigenvalue weighted by molar-refractivity contribution is 0.0596. The number of piperazine rings is 1. The van der Waals surface area contributed by atoms with Crippen molar-refractivity contribution in [1.82, 2.24) is 9.80 Å². The van der Waals surface area contributed by atoms with Gasteiger partial charge in [-0.1, -0.05) is 0 Å². The second kappa shape index (κ2) is 7.27. The molecule has 6 nitrogen and oxygen atoms in total. The molecule has 1 unspecified atom stereocenters. The molecule has 0 aromatic rings. The molecule has 7 heteroatoms. The Kier molecular flexibility index (Phi) is 6.30. The molecule has 1 aliphatic heterocycles. The molecule has 112 valence electrons. The van der Waals surface area contributed by atoms with Crippen molar-refractivity contribution in [2.75, 3.05) is 45.7 Å². The maximum Gasteiger partial charge on any atom is 0.410 e. The molecule has 1 saturated heterocycles. The molecule has 1 amide bonds. The van der Waals surface area contributed by atoms with Crippen molar-refractivity contribution in [2.24, 2.45) is 0 Å². The van der Waals surface area contributed by atoms with Crippen molar-refractivity contribution < 1.29 is 18.6 Å². The minimum Gasteiger partial charge on any atom is -0.447 e. The van der Waals surface area contributed by atoms with Gasteiger partial charge in [0, 0.05) is 32.8 Å². The van der Waals surface area contributed by atoms with Gasteiger partial charge in [-0.3, -0.25) is 9.46 Å². The average Bonchev–Trinajstić information content (AvgIpc) is 2.28. The fourth-order valence-electron chi connectivity index (χ4n) is 2.03. The summed E-state index contributed by atoms with van der Waals surface area (Å²) in [6.45, 7) is 10.3. The van der Waals surface area contributed by atoms with E-state index < -0.39 is 7.37 Å². The largest absolute Gasteiger partial charge is 0.447 e. The quantitative estimate of drug-likeness (QED) is 0.726. The van der Waals surface area contributed by atoms with E-state index >= 15 is 0 Å². The third-order valence-electron chi connectivity index (χ3n) is 2.83. The number of hydrogen-bond donors (Lipinski definition) is 0. The summed E-state index contributed by atoms with van der Waals surface area (Å²) in [5.41, 5.74) is 0. The highest BCUT2D eigenvalue weighted by Crippen LogP contribution is 2.42. The van der Waals surface area contributed by atoms with Gasteiger partial charge in [0.2, 0.25) is 7.37 Å². The van der Waals surface area contributed by atoms with Crippen LogP contribution in [0.25, 0.3) is 0 Å². The van der Waals surface area contributed by atoms with Gasteiger partial charge in [-0.25, -0.2) is 4.79 Å². The number of amides is 1. The standard InChI is InChI=1S/C12H25N2O4P/c1-5-17-19(4,16)10-13-6-8-14(9-7-13)12(15)18-11(2)3/h11H,5-10H2,1-4H3. The minimum atomic E-state index is -2.54. The molecule has 0 bridgehead atoms. The number of hydrogen-bond acceptors (Lipinski definition) is 5. The van der Waals surface area contributed by atoms with E-state index in [9.17, 15) is 9.36 Å². The summed E-state index contributed by atoms with van der Waals surface area (Å²) < 4.78 is 22.5. The first-order valence-corrected chi connectivity index (χ1v) is 8.98. The molecule has 0 radical (unpaired) electrons. The Balaban J connectivity index is 2.37. The van der Waals surface area contributed by atoms with Gasteiger partial charge in [0.15, 0.2) is 0 Å². The van der Waals surface area contributed by atoms with E-state index in [0.717, 1.165) is 0 Å². The Morgan fingerprint density at radius 2 is 1.84 bits per heavy atom. The summed E-state index contributed by atoms with van der Waals surface area (Å²) in [5.74, 6) is 0. The van der Waals surface area contributed by atoms with Crippen LogP contribution in [0.5, 0.6) is 0 Å². The van der Waals surface area contributed by atoms with E-state index in [-0.39, 0.29) is 12.2 Å². The van der Waals surface area contributed by atoms with Crippen LogP contribution in [0.3, 0.4) is 0 Å². The summed E-state index contributed by atoms with van der Waals surface area (Å²) in [6, 6.07) is 0. The summed E-state index contributed by atoms with van der Waals surface area (Å²) in [7, 11) is -2.54. The maximum atomic E-state index is 12.1. The van der Waals surface area contributed by atoms with Gasteiger partial charge in [-0.05, 0) is 20.8 Å². The Hall–Kier alpha value is -0.580. The van der Waals surface area contributed by atoms with E-state index in [1.807, 2.05) is 20.8 Å². The first-order chi connectivity index (χ1) is 8.84. The zero-order chi connectivity index (χ0) is 14.5. The number of carbonyl (C=O) groups is 1. The Labute approximate surface area is 115 Å². The molecule has 1 aliphatic rings. The zero-order valence-corrected chi connectivity index (χ0v) is 13.2. The van der Waals surface area contributed by atoms with Gasteiger partial charge in [0.05, 0.1) is 19.0 Å². The fraction of sp³-hybridized carbons (Fsp3) is 0.917. The van der Waals surface area contributed by atoms with Crippen LogP contribution in [0, 0.1) is 0 Å². The first-order valence-electron chi connectivity index (χ1n) is 6.73. The Bertz CT molecular complexity index is 341. The van der Waals surface area contributed by atoms with E-state index in [2.05, 4.69) is 4.90 Å². The van der Waals surface area contributed by atoms with Crippen LogP contribution in [0.2, 0.25) is 0 Å². The average molecular weight is 292 g/mol. The molecule has 19 heavy (non-hydrogen) atoms. The van der Waals surface area contributed by atoms with Gasteiger partial charge < -0.3 is 14.2 Å². The minimum absolute atomic E-state index is 0.0978. The van der Waals surface area contributed by atoms with Gasteiger partial charge >= 0.3 is 6.09 Å². The van der Waals surface area contributed by atoms with Crippen LogP contribution >= 0.6 is 7.37 Å². The van der Waals surface area contributed by atoms with Crippen LogP contribution in [-0.4, -0.2) is 67.7 Å². The predicted octanol–water partition coefficient (Wildman–Crippen LogP) is 2.05.